The fourth-order valence-electron chi connectivity index (χ4n) is 2.25. The molecule has 4 nitrogen and oxygen atoms in total. The first-order valence-electron chi connectivity index (χ1n) is 7.79. The Hall–Kier alpha value is -2.39. The van der Waals surface area contributed by atoms with Crippen molar-refractivity contribution in [2.24, 2.45) is 5.92 Å². The summed E-state index contributed by atoms with van der Waals surface area (Å²) in [6.45, 7) is 3.89. The Bertz CT molecular complexity index is 802. The third-order valence-corrected chi connectivity index (χ3v) is 4.36. The number of carbonyl (C=O) groups excluding carboxylic acids is 1. The summed E-state index contributed by atoms with van der Waals surface area (Å²) in [5, 5.41) is 11.9. The largest absolute Gasteiger partial charge is 0.479 e. The summed E-state index contributed by atoms with van der Waals surface area (Å²) >= 11 is 3.33. The molecular formula is C19H18BrFN2O2. The van der Waals surface area contributed by atoms with E-state index in [0.717, 1.165) is 0 Å². The van der Waals surface area contributed by atoms with Gasteiger partial charge in [0.2, 0.25) is 0 Å². The topological polar surface area (TPSA) is 62.1 Å². The number of rotatable bonds is 6. The van der Waals surface area contributed by atoms with Crippen molar-refractivity contribution in [3.05, 3.63) is 63.9 Å². The smallest absolute Gasteiger partial charge is 0.261 e. The third kappa shape index (κ3) is 5.04. The molecule has 0 aromatic heterocycles. The van der Waals surface area contributed by atoms with Gasteiger partial charge in [-0.1, -0.05) is 41.9 Å². The van der Waals surface area contributed by atoms with Crippen molar-refractivity contribution in [3.8, 4) is 11.8 Å². The molecule has 0 aliphatic heterocycles. The SMILES string of the molecule is CC(C)C(Oc1ccccc1C#N)C(=O)NCc1cc(F)ccc1Br. The van der Waals surface area contributed by atoms with E-state index in [1.807, 2.05) is 19.9 Å². The quantitative estimate of drug-likeness (QED) is 0.785. The molecule has 130 valence electrons. The van der Waals surface area contributed by atoms with Crippen LogP contribution >= 0.6 is 15.9 Å². The number of ether oxygens (including phenoxy) is 1. The molecule has 25 heavy (non-hydrogen) atoms. The molecule has 0 bridgehead atoms. The maximum atomic E-state index is 13.3. The molecule has 2 aromatic carbocycles. The molecule has 1 amide bonds. The van der Waals surface area contributed by atoms with Crippen molar-refractivity contribution in [3.63, 3.8) is 0 Å². The number of nitrogens with one attached hydrogen (secondary N) is 1. The monoisotopic (exact) mass is 404 g/mol. The lowest BCUT2D eigenvalue weighted by Gasteiger charge is -2.22. The van der Waals surface area contributed by atoms with Crippen LogP contribution in [0.15, 0.2) is 46.9 Å². The number of hydrogen-bond donors (Lipinski definition) is 1. The van der Waals surface area contributed by atoms with Crippen molar-refractivity contribution in [2.45, 2.75) is 26.5 Å². The third-order valence-electron chi connectivity index (χ3n) is 3.59. The molecule has 0 saturated carbocycles. The van der Waals surface area contributed by atoms with Gasteiger partial charge in [-0.2, -0.15) is 5.26 Å². The normalized spacial score (nSPS) is 11.7. The molecule has 0 fully saturated rings. The van der Waals surface area contributed by atoms with E-state index in [1.165, 1.54) is 12.1 Å². The molecule has 2 rings (SSSR count). The number of halogens is 2. The molecule has 6 heteroatoms. The minimum atomic E-state index is -0.762. The van der Waals surface area contributed by atoms with Gasteiger partial charge in [0.1, 0.15) is 17.6 Å². The van der Waals surface area contributed by atoms with Gasteiger partial charge in [0.15, 0.2) is 6.10 Å². The second-order valence-electron chi connectivity index (χ2n) is 5.84. The van der Waals surface area contributed by atoms with E-state index in [9.17, 15) is 9.18 Å². The molecule has 0 aliphatic rings. The molecule has 2 aromatic rings. The highest BCUT2D eigenvalue weighted by molar-refractivity contribution is 9.10. The average Bonchev–Trinajstić information content (AvgIpc) is 2.60. The Morgan fingerprint density at radius 2 is 2.04 bits per heavy atom. The maximum Gasteiger partial charge on any atom is 0.261 e. The standard InChI is InChI=1S/C19H18BrFN2O2/c1-12(2)18(25-17-6-4-3-5-13(17)10-22)19(24)23-11-14-9-15(21)7-8-16(14)20/h3-9,12,18H,11H2,1-2H3,(H,23,24). The van der Waals surface area contributed by atoms with Crippen molar-refractivity contribution < 1.29 is 13.9 Å². The van der Waals surface area contributed by atoms with Crippen LogP contribution in [0.1, 0.15) is 25.0 Å². The first-order valence-corrected chi connectivity index (χ1v) is 8.59. The fraction of sp³-hybridized carbons (Fsp3) is 0.263. The molecule has 0 aliphatic carbocycles. The van der Waals surface area contributed by atoms with Crippen molar-refractivity contribution in [2.75, 3.05) is 0 Å². The summed E-state index contributed by atoms with van der Waals surface area (Å²) in [7, 11) is 0. The minimum absolute atomic E-state index is 0.109. The highest BCUT2D eigenvalue weighted by Crippen LogP contribution is 2.21. The van der Waals surface area contributed by atoms with E-state index < -0.39 is 6.10 Å². The van der Waals surface area contributed by atoms with Crippen LogP contribution in [0.3, 0.4) is 0 Å². The fourth-order valence-corrected chi connectivity index (χ4v) is 2.64. The molecule has 0 saturated heterocycles. The van der Waals surface area contributed by atoms with Gasteiger partial charge in [0.05, 0.1) is 5.56 Å². The van der Waals surface area contributed by atoms with E-state index in [1.54, 1.807) is 30.3 Å². The van der Waals surface area contributed by atoms with E-state index in [0.29, 0.717) is 21.3 Å². The van der Waals surface area contributed by atoms with Crippen LogP contribution in [-0.2, 0) is 11.3 Å². The molecule has 0 spiro atoms. The van der Waals surface area contributed by atoms with Crippen LogP contribution in [0.25, 0.3) is 0 Å². The Balaban J connectivity index is 2.10. The second kappa shape index (κ2) is 8.63. The minimum Gasteiger partial charge on any atom is -0.479 e. The highest BCUT2D eigenvalue weighted by Gasteiger charge is 2.25. The van der Waals surface area contributed by atoms with Gasteiger partial charge >= 0.3 is 0 Å². The molecule has 0 radical (unpaired) electrons. The summed E-state index contributed by atoms with van der Waals surface area (Å²) in [4.78, 5) is 12.5. The van der Waals surface area contributed by atoms with E-state index in [-0.39, 0.29) is 24.2 Å². The second-order valence-corrected chi connectivity index (χ2v) is 6.70. The Morgan fingerprint density at radius 3 is 2.72 bits per heavy atom. The van der Waals surface area contributed by atoms with Crippen LogP contribution in [0, 0.1) is 23.1 Å². The number of para-hydroxylation sites is 1. The predicted molar refractivity (Wildman–Crippen MR) is 96.4 cm³/mol. The van der Waals surface area contributed by atoms with Gasteiger partial charge in [-0.05, 0) is 41.8 Å². The first kappa shape index (κ1) is 18.9. The summed E-state index contributed by atoms with van der Waals surface area (Å²) < 4.78 is 19.8. The Labute approximate surface area is 154 Å². The average molecular weight is 405 g/mol. The number of amides is 1. The molecule has 1 unspecified atom stereocenters. The number of nitrogens with zero attached hydrogens (tertiary/aromatic N) is 1. The Morgan fingerprint density at radius 1 is 1.32 bits per heavy atom. The van der Waals surface area contributed by atoms with Crippen LogP contribution in [0.4, 0.5) is 4.39 Å². The summed E-state index contributed by atoms with van der Waals surface area (Å²) in [5.41, 5.74) is 1.00. The lowest BCUT2D eigenvalue weighted by molar-refractivity contribution is -0.130. The molecule has 0 heterocycles. The highest BCUT2D eigenvalue weighted by atomic mass is 79.9. The van der Waals surface area contributed by atoms with Crippen LogP contribution in [-0.4, -0.2) is 12.0 Å². The molecular weight excluding hydrogens is 387 g/mol. The predicted octanol–water partition coefficient (Wildman–Crippen LogP) is 4.18. The van der Waals surface area contributed by atoms with Crippen LogP contribution < -0.4 is 10.1 Å². The summed E-state index contributed by atoms with van der Waals surface area (Å²) in [6.07, 6.45) is -0.762. The van der Waals surface area contributed by atoms with E-state index in [4.69, 9.17) is 10.00 Å². The van der Waals surface area contributed by atoms with Gasteiger partial charge in [0.25, 0.3) is 5.91 Å². The van der Waals surface area contributed by atoms with Crippen LogP contribution in [0.5, 0.6) is 5.75 Å². The zero-order valence-electron chi connectivity index (χ0n) is 13.9. The molecule has 1 N–H and O–H groups in total. The van der Waals surface area contributed by atoms with Crippen LogP contribution in [0.2, 0.25) is 0 Å². The summed E-state index contributed by atoms with van der Waals surface area (Å²) in [5.74, 6) is -0.431. The number of nitriles is 1. The van der Waals surface area contributed by atoms with Crippen molar-refractivity contribution >= 4 is 21.8 Å². The van der Waals surface area contributed by atoms with E-state index >= 15 is 0 Å². The number of benzene rings is 2. The number of carbonyl (C=O) groups is 1. The lowest BCUT2D eigenvalue weighted by Crippen LogP contribution is -2.41. The van der Waals surface area contributed by atoms with Crippen molar-refractivity contribution in [1.82, 2.24) is 5.32 Å². The van der Waals surface area contributed by atoms with Crippen molar-refractivity contribution in [1.29, 1.82) is 5.26 Å². The zero-order valence-corrected chi connectivity index (χ0v) is 15.5. The first-order chi connectivity index (χ1) is 11.9. The van der Waals surface area contributed by atoms with Gasteiger partial charge < -0.3 is 10.1 Å². The van der Waals surface area contributed by atoms with Gasteiger partial charge in [-0.3, -0.25) is 4.79 Å². The van der Waals surface area contributed by atoms with E-state index in [2.05, 4.69) is 21.2 Å². The Kier molecular flexibility index (Phi) is 6.54. The summed E-state index contributed by atoms with van der Waals surface area (Å²) in [6, 6.07) is 13.1. The zero-order chi connectivity index (χ0) is 18.4. The van der Waals surface area contributed by atoms with Gasteiger partial charge in [-0.25, -0.2) is 4.39 Å². The lowest BCUT2D eigenvalue weighted by atomic mass is 10.1. The number of hydrogen-bond acceptors (Lipinski definition) is 3. The van der Waals surface area contributed by atoms with Gasteiger partial charge in [-0.15, -0.1) is 0 Å². The molecule has 1 atom stereocenters. The van der Waals surface area contributed by atoms with Gasteiger partial charge in [0, 0.05) is 11.0 Å². The maximum absolute atomic E-state index is 13.3.